The Morgan fingerprint density at radius 1 is 0.956 bits per heavy atom. The van der Waals surface area contributed by atoms with Crippen LogP contribution in [-0.2, 0) is 16.0 Å². The summed E-state index contributed by atoms with van der Waals surface area (Å²) in [6.07, 6.45) is -3.76. The molecule has 1 aliphatic heterocycles. The van der Waals surface area contributed by atoms with Crippen LogP contribution >= 0.6 is 0 Å². The standard InChI is InChI=1S/C31H41F2N5O7/c1-30(2,3)44-27(40)34-26(37-17-35(7)28(41)36(8)18-37)38(29(42)45-31(4,5)6)16-20-12-15-22(32)23(24(20)33)25(39)19-10-13-21(43-9)14-11-19/h10-15,25,39H,16-18H2,1-9H3. The van der Waals surface area contributed by atoms with E-state index in [1.807, 2.05) is 0 Å². The predicted octanol–water partition coefficient (Wildman–Crippen LogP) is 5.30. The van der Waals surface area contributed by atoms with Crippen molar-refractivity contribution in [3.63, 3.8) is 0 Å². The van der Waals surface area contributed by atoms with Crippen LogP contribution in [0.25, 0.3) is 0 Å². The molecule has 45 heavy (non-hydrogen) atoms. The topological polar surface area (TPSA) is 124 Å². The smallest absolute Gasteiger partial charge is 0.437 e. The summed E-state index contributed by atoms with van der Waals surface area (Å²) in [4.78, 5) is 48.3. The Hall–Kier alpha value is -4.46. The average molecular weight is 634 g/mol. The van der Waals surface area contributed by atoms with Gasteiger partial charge in [0.2, 0.25) is 5.96 Å². The van der Waals surface area contributed by atoms with Crippen molar-refractivity contribution in [3.05, 3.63) is 64.7 Å². The number of aliphatic imine (C=N–C) groups is 1. The second-order valence-corrected chi connectivity index (χ2v) is 12.6. The number of hydrogen-bond donors (Lipinski definition) is 1. The molecule has 2 aromatic carbocycles. The van der Waals surface area contributed by atoms with Gasteiger partial charge in [-0.15, -0.1) is 4.99 Å². The highest BCUT2D eigenvalue weighted by molar-refractivity contribution is 5.99. The lowest BCUT2D eigenvalue weighted by atomic mass is 9.98. The highest BCUT2D eigenvalue weighted by Crippen LogP contribution is 2.31. The van der Waals surface area contributed by atoms with Gasteiger partial charge in [-0.1, -0.05) is 18.2 Å². The van der Waals surface area contributed by atoms with Crippen molar-refractivity contribution in [2.24, 2.45) is 4.99 Å². The number of methoxy groups -OCH3 is 1. The third kappa shape index (κ3) is 9.03. The molecule has 0 aromatic heterocycles. The third-order valence-corrected chi connectivity index (χ3v) is 6.38. The Morgan fingerprint density at radius 3 is 2.02 bits per heavy atom. The van der Waals surface area contributed by atoms with Crippen LogP contribution in [0.5, 0.6) is 5.75 Å². The Morgan fingerprint density at radius 2 is 1.51 bits per heavy atom. The van der Waals surface area contributed by atoms with Gasteiger partial charge < -0.3 is 34.0 Å². The van der Waals surface area contributed by atoms with Crippen LogP contribution < -0.4 is 4.74 Å². The lowest BCUT2D eigenvalue weighted by Gasteiger charge is -2.42. The molecule has 0 saturated carbocycles. The molecule has 1 aliphatic rings. The minimum Gasteiger partial charge on any atom is -0.497 e. The summed E-state index contributed by atoms with van der Waals surface area (Å²) >= 11 is 0. The summed E-state index contributed by atoms with van der Waals surface area (Å²) in [6, 6.07) is 7.79. The van der Waals surface area contributed by atoms with Gasteiger partial charge in [-0.05, 0) is 65.3 Å². The van der Waals surface area contributed by atoms with E-state index in [9.17, 15) is 19.5 Å². The largest absolute Gasteiger partial charge is 0.497 e. The second-order valence-electron chi connectivity index (χ2n) is 12.6. The maximum atomic E-state index is 16.1. The van der Waals surface area contributed by atoms with E-state index in [1.165, 1.54) is 48.0 Å². The molecule has 3 rings (SSSR count). The van der Waals surface area contributed by atoms with Gasteiger partial charge in [0.25, 0.3) is 0 Å². The summed E-state index contributed by atoms with van der Waals surface area (Å²) in [5.74, 6) is -1.94. The van der Waals surface area contributed by atoms with Gasteiger partial charge >= 0.3 is 18.2 Å². The van der Waals surface area contributed by atoms with Crippen molar-refractivity contribution in [2.75, 3.05) is 34.5 Å². The van der Waals surface area contributed by atoms with Crippen LogP contribution in [0, 0.1) is 11.6 Å². The van der Waals surface area contributed by atoms with Crippen molar-refractivity contribution >= 4 is 24.2 Å². The zero-order valence-corrected chi connectivity index (χ0v) is 27.1. The first-order valence-corrected chi connectivity index (χ1v) is 14.1. The number of amides is 4. The van der Waals surface area contributed by atoms with Crippen LogP contribution in [0.2, 0.25) is 0 Å². The Bertz CT molecular complexity index is 1420. The van der Waals surface area contributed by atoms with Crippen molar-refractivity contribution < 1.29 is 42.5 Å². The van der Waals surface area contributed by atoms with Crippen molar-refractivity contribution in [1.29, 1.82) is 0 Å². The lowest BCUT2D eigenvalue weighted by molar-refractivity contribution is 0.0299. The molecule has 1 N–H and O–H groups in total. The molecular formula is C31H41F2N5O7. The van der Waals surface area contributed by atoms with E-state index >= 15 is 8.78 Å². The van der Waals surface area contributed by atoms with E-state index in [4.69, 9.17) is 14.2 Å². The zero-order valence-electron chi connectivity index (χ0n) is 27.1. The summed E-state index contributed by atoms with van der Waals surface area (Å²) in [5, 5.41) is 11.0. The quantitative estimate of drug-likeness (QED) is 0.348. The monoisotopic (exact) mass is 633 g/mol. The molecule has 0 spiro atoms. The number of hydrogen-bond acceptors (Lipinski definition) is 7. The molecule has 14 heteroatoms. The first-order chi connectivity index (χ1) is 20.8. The number of aliphatic hydroxyl groups is 1. The second kappa shape index (κ2) is 13.7. The molecule has 2 aromatic rings. The number of carbonyl (C=O) groups excluding carboxylic acids is 3. The number of nitrogens with zero attached hydrogens (tertiary/aromatic N) is 5. The molecular weight excluding hydrogens is 592 g/mol. The van der Waals surface area contributed by atoms with Gasteiger partial charge in [0.1, 0.15) is 34.7 Å². The molecule has 0 aliphatic carbocycles. The molecule has 246 valence electrons. The minimum atomic E-state index is -1.70. The molecule has 12 nitrogen and oxygen atoms in total. The fraction of sp³-hybridized carbons (Fsp3) is 0.484. The number of guanidine groups is 1. The highest BCUT2D eigenvalue weighted by Gasteiger charge is 2.36. The van der Waals surface area contributed by atoms with Crippen LogP contribution in [0.3, 0.4) is 0 Å². The molecule has 4 amide bonds. The maximum Gasteiger partial charge on any atom is 0.437 e. The molecule has 1 atom stereocenters. The summed E-state index contributed by atoms with van der Waals surface area (Å²) < 4.78 is 47.3. The summed E-state index contributed by atoms with van der Waals surface area (Å²) in [5.41, 5.74) is -2.61. The number of rotatable bonds is 5. The van der Waals surface area contributed by atoms with Crippen LogP contribution in [0.1, 0.15) is 64.3 Å². The SMILES string of the molecule is COc1ccc(C(O)c2c(F)ccc(CN(C(=O)OC(C)(C)C)C(=NC(=O)OC(C)(C)C)N3CN(C)C(=O)N(C)C3)c2F)cc1. The van der Waals surface area contributed by atoms with Crippen LogP contribution in [-0.4, -0.2) is 94.6 Å². The van der Waals surface area contributed by atoms with Gasteiger partial charge in [0.15, 0.2) is 0 Å². The van der Waals surface area contributed by atoms with Crippen LogP contribution in [0.15, 0.2) is 41.4 Å². The minimum absolute atomic E-state index is 0.0998. The molecule has 1 heterocycles. The normalized spacial score (nSPS) is 15.2. The van der Waals surface area contributed by atoms with Crippen molar-refractivity contribution in [1.82, 2.24) is 19.6 Å². The number of aliphatic hydroxyl groups excluding tert-OH is 1. The van der Waals surface area contributed by atoms with E-state index in [1.54, 1.807) is 53.7 Å². The number of ether oxygens (including phenoxy) is 3. The van der Waals surface area contributed by atoms with Gasteiger partial charge in [-0.2, -0.15) is 0 Å². The molecule has 1 fully saturated rings. The highest BCUT2D eigenvalue weighted by atomic mass is 19.1. The van der Waals surface area contributed by atoms with Gasteiger partial charge in [-0.25, -0.2) is 28.1 Å². The number of urea groups is 1. The number of carbonyl (C=O) groups is 3. The van der Waals surface area contributed by atoms with Gasteiger partial charge in [-0.3, -0.25) is 0 Å². The molecule has 0 bridgehead atoms. The molecule has 1 saturated heterocycles. The Balaban J connectivity index is 2.15. The molecule has 0 radical (unpaired) electrons. The van der Waals surface area contributed by atoms with Gasteiger partial charge in [0.05, 0.1) is 32.6 Å². The van der Waals surface area contributed by atoms with E-state index in [0.29, 0.717) is 5.75 Å². The van der Waals surface area contributed by atoms with E-state index in [2.05, 4.69) is 4.99 Å². The molecule has 1 unspecified atom stereocenters. The Kier molecular flexibility index (Phi) is 10.6. The van der Waals surface area contributed by atoms with Crippen LogP contribution in [0.4, 0.5) is 23.2 Å². The first-order valence-electron chi connectivity index (χ1n) is 14.1. The predicted molar refractivity (Wildman–Crippen MR) is 161 cm³/mol. The first kappa shape index (κ1) is 35.0. The fourth-order valence-electron chi connectivity index (χ4n) is 4.41. The van der Waals surface area contributed by atoms with E-state index in [-0.39, 0.29) is 36.5 Å². The van der Waals surface area contributed by atoms with E-state index in [0.717, 1.165) is 17.0 Å². The maximum absolute atomic E-state index is 16.1. The lowest BCUT2D eigenvalue weighted by Crippen LogP contribution is -2.60. The number of halogens is 2. The zero-order chi connectivity index (χ0) is 33.9. The number of benzene rings is 2. The van der Waals surface area contributed by atoms with E-state index < -0.39 is 53.2 Å². The summed E-state index contributed by atoms with van der Waals surface area (Å²) in [7, 11) is 4.49. The Labute approximate surface area is 261 Å². The van der Waals surface area contributed by atoms with Gasteiger partial charge in [0, 0.05) is 19.7 Å². The third-order valence-electron chi connectivity index (χ3n) is 6.38. The fourth-order valence-corrected chi connectivity index (χ4v) is 4.41. The van der Waals surface area contributed by atoms with Crippen molar-refractivity contribution in [2.45, 2.75) is 65.4 Å². The average Bonchev–Trinajstić information content (AvgIpc) is 2.92. The van der Waals surface area contributed by atoms with Crippen molar-refractivity contribution in [3.8, 4) is 5.75 Å². The summed E-state index contributed by atoms with van der Waals surface area (Å²) in [6.45, 7) is 8.98.